The summed E-state index contributed by atoms with van der Waals surface area (Å²) in [6.45, 7) is 1.91. The van der Waals surface area contributed by atoms with Gasteiger partial charge in [-0.2, -0.15) is 0 Å². The number of phenolic OH excluding ortho intramolecular Hbond substituents is 1. The van der Waals surface area contributed by atoms with Gasteiger partial charge in [-0.3, -0.25) is 14.4 Å². The average Bonchev–Trinajstić information content (AvgIpc) is 3.53. The van der Waals surface area contributed by atoms with Crippen molar-refractivity contribution in [3.05, 3.63) is 162 Å². The maximum absolute atomic E-state index is 15.3. The molecular weight excluding hydrogens is 779 g/mol. The van der Waals surface area contributed by atoms with Crippen molar-refractivity contribution in [3.8, 4) is 23.0 Å². The fourth-order valence-electron chi connectivity index (χ4n) is 9.82. The summed E-state index contributed by atoms with van der Waals surface area (Å²) in [6.07, 6.45) is 3.34. The lowest BCUT2D eigenvalue weighted by Crippen LogP contribution is -2.58. The minimum atomic E-state index is -1.47. The molecule has 1 saturated carbocycles. The number of carbonyl (C=O) groups is 2. The highest BCUT2D eigenvalue weighted by Crippen LogP contribution is 2.61. The summed E-state index contributed by atoms with van der Waals surface area (Å²) in [5.74, 6) is -1.37. The summed E-state index contributed by atoms with van der Waals surface area (Å²) >= 11 is 0. The number of carbonyl (C=O) groups excluding carboxylic acids is 2. The number of ether oxygens (including phenoxy) is 3. The molecule has 1 N–H and O–H groups in total. The molecule has 310 valence electrons. The third-order valence-electron chi connectivity index (χ3n) is 12.6. The molecule has 3 heterocycles. The van der Waals surface area contributed by atoms with Gasteiger partial charge in [-0.1, -0.05) is 72.8 Å². The Balaban J connectivity index is 1.20. The van der Waals surface area contributed by atoms with E-state index in [2.05, 4.69) is 4.98 Å². The number of hydrogen-bond donors (Lipinski definition) is 1. The Hall–Kier alpha value is -7.22. The zero-order chi connectivity index (χ0) is 42.7. The van der Waals surface area contributed by atoms with E-state index in [1.54, 1.807) is 50.4 Å². The molecule has 0 radical (unpaired) electrons. The van der Waals surface area contributed by atoms with E-state index in [0.29, 0.717) is 44.8 Å². The van der Waals surface area contributed by atoms with Crippen LogP contribution in [0.5, 0.6) is 23.0 Å². The van der Waals surface area contributed by atoms with Gasteiger partial charge in [0.25, 0.3) is 5.56 Å². The van der Waals surface area contributed by atoms with Crippen molar-refractivity contribution in [2.75, 3.05) is 20.8 Å². The number of Topliss-reactive ketones (excluding diaryl/α,β-unsaturated/α-hetero) is 1. The number of phenols is 1. The molecule has 9 rings (SSSR count). The van der Waals surface area contributed by atoms with Gasteiger partial charge in [-0.05, 0) is 53.8 Å². The minimum Gasteiger partial charge on any atom is -0.504 e. The Morgan fingerprint density at radius 1 is 0.852 bits per heavy atom. The third kappa shape index (κ3) is 5.99. The maximum atomic E-state index is 15.3. The van der Waals surface area contributed by atoms with Crippen LogP contribution in [0.1, 0.15) is 47.7 Å². The number of allylic oxidation sites excluding steroid dienone is 4. The first kappa shape index (κ1) is 39.3. The molecule has 6 aromatic rings. The van der Waals surface area contributed by atoms with E-state index in [0.717, 1.165) is 4.57 Å². The number of ketones is 2. The van der Waals surface area contributed by atoms with Gasteiger partial charge in [0.15, 0.2) is 34.6 Å². The van der Waals surface area contributed by atoms with Crippen molar-refractivity contribution in [1.29, 1.82) is 0 Å². The number of nitrogens with zero attached hydrogens (tertiary/aromatic N) is 5. The van der Waals surface area contributed by atoms with E-state index >= 15 is 9.59 Å². The largest absolute Gasteiger partial charge is 0.504 e. The fraction of sp³-hybridized carbons (Fsp3) is 0.277. The third-order valence-corrected chi connectivity index (χ3v) is 12.6. The van der Waals surface area contributed by atoms with E-state index in [1.807, 2.05) is 54.6 Å². The fourth-order valence-corrected chi connectivity index (χ4v) is 9.82. The van der Waals surface area contributed by atoms with Crippen LogP contribution in [0.4, 0.5) is 0 Å². The first-order valence-corrected chi connectivity index (χ1v) is 20.1. The Morgan fingerprint density at radius 3 is 2.26 bits per heavy atom. The summed E-state index contributed by atoms with van der Waals surface area (Å²) in [4.78, 5) is 77.7. The number of aromatic nitrogens is 5. The highest BCUT2D eigenvalue weighted by Gasteiger charge is 2.63. The normalized spacial score (nSPS) is 20.6. The minimum absolute atomic E-state index is 0.000201. The van der Waals surface area contributed by atoms with E-state index in [9.17, 15) is 19.5 Å². The molecule has 1 aliphatic heterocycles. The molecule has 0 saturated heterocycles. The van der Waals surface area contributed by atoms with Gasteiger partial charge in [-0.25, -0.2) is 28.5 Å². The van der Waals surface area contributed by atoms with E-state index < -0.39 is 40.2 Å². The summed E-state index contributed by atoms with van der Waals surface area (Å²) in [5, 5.41) is 10.8. The molecule has 61 heavy (non-hydrogen) atoms. The lowest BCUT2D eigenvalue weighted by atomic mass is 9.47. The highest BCUT2D eigenvalue weighted by molar-refractivity contribution is 6.31. The number of aromatic hydroxyl groups is 1. The van der Waals surface area contributed by atoms with Gasteiger partial charge in [0.05, 0.1) is 49.9 Å². The van der Waals surface area contributed by atoms with Crippen molar-refractivity contribution >= 4 is 28.2 Å². The van der Waals surface area contributed by atoms with Crippen LogP contribution in [-0.4, -0.2) is 61.0 Å². The Labute approximate surface area is 349 Å². The van der Waals surface area contributed by atoms with Crippen LogP contribution >= 0.6 is 0 Å². The number of rotatable bonds is 10. The number of fused-ring (bicyclic) bond motifs is 5. The van der Waals surface area contributed by atoms with E-state index in [4.69, 9.17) is 14.2 Å². The van der Waals surface area contributed by atoms with Gasteiger partial charge in [0, 0.05) is 49.6 Å². The Kier molecular flexibility index (Phi) is 9.72. The Bertz CT molecular complexity index is 3010. The molecule has 2 aliphatic carbocycles. The monoisotopic (exact) mass is 821 g/mol. The lowest BCUT2D eigenvalue weighted by molar-refractivity contribution is -0.133. The number of aryl methyl sites for hydroxylation is 2. The molecule has 4 unspecified atom stereocenters. The quantitative estimate of drug-likeness (QED) is 0.188. The molecule has 14 heteroatoms. The molecular formula is C47H43N5O9. The molecule has 3 aliphatic rings. The van der Waals surface area contributed by atoms with Crippen LogP contribution < -0.4 is 31.1 Å². The highest BCUT2D eigenvalue weighted by atomic mass is 16.5. The second-order valence-corrected chi connectivity index (χ2v) is 15.5. The molecule has 0 spiro atoms. The number of benzene rings is 4. The molecule has 14 nitrogen and oxygen atoms in total. The van der Waals surface area contributed by atoms with Crippen LogP contribution in [-0.2, 0) is 41.6 Å². The van der Waals surface area contributed by atoms with Crippen LogP contribution in [0.25, 0.3) is 16.6 Å². The van der Waals surface area contributed by atoms with Gasteiger partial charge >= 0.3 is 11.4 Å². The van der Waals surface area contributed by atoms with Gasteiger partial charge in [0.1, 0.15) is 5.69 Å². The predicted molar refractivity (Wildman–Crippen MR) is 227 cm³/mol. The topological polar surface area (TPSA) is 166 Å². The molecule has 0 amide bonds. The maximum Gasteiger partial charge on any atom is 0.347 e. The summed E-state index contributed by atoms with van der Waals surface area (Å²) in [7, 11) is 4.62. The summed E-state index contributed by atoms with van der Waals surface area (Å²) < 4.78 is 22.0. The van der Waals surface area contributed by atoms with Crippen molar-refractivity contribution in [3.63, 3.8) is 0 Å². The first-order valence-electron chi connectivity index (χ1n) is 20.1. The van der Waals surface area contributed by atoms with Gasteiger partial charge in [0.2, 0.25) is 0 Å². The zero-order valence-electron chi connectivity index (χ0n) is 34.0. The van der Waals surface area contributed by atoms with Gasteiger partial charge in [-0.15, -0.1) is 0 Å². The van der Waals surface area contributed by atoms with E-state index in [-0.39, 0.29) is 66.9 Å². The van der Waals surface area contributed by atoms with E-state index in [1.165, 1.54) is 40.3 Å². The van der Waals surface area contributed by atoms with Crippen LogP contribution in [0.15, 0.2) is 123 Å². The number of hydrogen-bond acceptors (Lipinski definition) is 10. The average molecular weight is 822 g/mol. The van der Waals surface area contributed by atoms with Crippen LogP contribution in [0.2, 0.25) is 0 Å². The molecule has 2 aromatic heterocycles. The predicted octanol–water partition coefficient (Wildman–Crippen LogP) is 4.88. The molecule has 1 fully saturated rings. The van der Waals surface area contributed by atoms with Crippen molar-refractivity contribution in [2.45, 2.75) is 50.2 Å². The Morgan fingerprint density at radius 2 is 1.56 bits per heavy atom. The molecule has 4 aromatic carbocycles. The number of methoxy groups -OCH3 is 2. The molecule has 0 bridgehead atoms. The van der Waals surface area contributed by atoms with Crippen molar-refractivity contribution in [1.82, 2.24) is 23.5 Å². The summed E-state index contributed by atoms with van der Waals surface area (Å²) in [6, 6.07) is 25.7. The van der Waals surface area contributed by atoms with Crippen molar-refractivity contribution < 1.29 is 28.9 Å². The lowest BCUT2D eigenvalue weighted by Gasteiger charge is -2.54. The summed E-state index contributed by atoms with van der Waals surface area (Å²) in [5.41, 5.74) is 0.842. The standard InChI is InChI=1S/C47H43N5O9/c1-5-61-38-22-28(16-17-37(38)53)42-30-18-21-51-45(57)50(20-19-33-44(56)49(2)36-26-40(60-4)39(59-3)25-34(36)48-33)46(58)52(51)35(30)24-32-43(55)31(27-12-8-6-9-13-27)23-41(54)47(32,42)29-14-10-7-11-15-29/h6-18,22-23,25-26,32,35,42,53H,5,19-21,24H2,1-4H3. The van der Waals surface area contributed by atoms with Crippen molar-refractivity contribution in [2.24, 2.45) is 13.0 Å². The molecule has 4 atom stereocenters. The zero-order valence-corrected chi connectivity index (χ0v) is 34.0. The SMILES string of the molecule is CCOc1cc(C2C3=CCn4c(=O)n(CCc5nc6cc(OC)c(OC)cc6n(C)c5=O)c(=O)n4C3CC3C(=O)C(c4ccccc4)=CC(=O)C32c2ccccc2)ccc1O. The second-order valence-electron chi connectivity index (χ2n) is 15.5. The first-order chi connectivity index (χ1) is 29.5. The second kappa shape index (κ2) is 15.1. The van der Waals surface area contributed by atoms with Crippen LogP contribution in [0, 0.1) is 5.92 Å². The van der Waals surface area contributed by atoms with Crippen LogP contribution in [0.3, 0.4) is 0 Å². The van der Waals surface area contributed by atoms with Gasteiger partial charge < -0.3 is 23.9 Å². The smallest absolute Gasteiger partial charge is 0.347 e.